The van der Waals surface area contributed by atoms with Crippen molar-refractivity contribution in [1.29, 1.82) is 0 Å². The van der Waals surface area contributed by atoms with Gasteiger partial charge >= 0.3 is 0 Å². The van der Waals surface area contributed by atoms with Gasteiger partial charge < -0.3 is 10.1 Å². The van der Waals surface area contributed by atoms with Crippen LogP contribution in [0, 0.1) is 0 Å². The summed E-state index contributed by atoms with van der Waals surface area (Å²) in [5.41, 5.74) is 0.925. The predicted molar refractivity (Wildman–Crippen MR) is 80.0 cm³/mol. The molecule has 0 unspecified atom stereocenters. The number of likely N-dealkylation sites (N-methyl/N-ethyl adjacent to an activating group) is 1. The van der Waals surface area contributed by atoms with Gasteiger partial charge in [0.2, 0.25) is 5.88 Å². The molecule has 2 rings (SSSR count). The maximum absolute atomic E-state index is 11.6. The molecule has 0 aliphatic carbocycles. The molecule has 0 spiro atoms. The fourth-order valence-corrected chi connectivity index (χ4v) is 2.04. The average molecular weight is 338 g/mol. The van der Waals surface area contributed by atoms with Crippen LogP contribution < -0.4 is 10.1 Å². The van der Waals surface area contributed by atoms with Crippen LogP contribution in [0.2, 0.25) is 0 Å². The van der Waals surface area contributed by atoms with Crippen LogP contribution in [0.4, 0.5) is 0 Å². The number of nitrogens with zero attached hydrogens (tertiary/aromatic N) is 2. The zero-order valence-electron chi connectivity index (χ0n) is 11.3. The third kappa shape index (κ3) is 3.39. The second-order valence-corrected chi connectivity index (χ2v) is 5.07. The van der Waals surface area contributed by atoms with E-state index in [2.05, 4.69) is 26.3 Å². The van der Waals surface area contributed by atoms with Gasteiger partial charge in [-0.25, -0.2) is 4.68 Å². The molecule has 6 heteroatoms. The molecule has 0 aliphatic rings. The lowest BCUT2D eigenvalue weighted by Crippen LogP contribution is -2.36. The zero-order valence-corrected chi connectivity index (χ0v) is 12.9. The molecule has 1 N–H and O–H groups in total. The summed E-state index contributed by atoms with van der Waals surface area (Å²) in [6, 6.07) is 9.69. The van der Waals surface area contributed by atoms with Gasteiger partial charge in [-0.2, -0.15) is 0 Å². The summed E-state index contributed by atoms with van der Waals surface area (Å²) in [5, 5.41) is 7.04. The van der Waals surface area contributed by atoms with E-state index >= 15 is 0 Å². The van der Waals surface area contributed by atoms with Crippen molar-refractivity contribution >= 4 is 21.8 Å². The number of aromatic nitrogens is 2. The van der Waals surface area contributed by atoms with Gasteiger partial charge in [0.05, 0.1) is 10.2 Å². The largest absolute Gasteiger partial charge is 0.463 e. The van der Waals surface area contributed by atoms with Crippen LogP contribution in [0.25, 0.3) is 5.69 Å². The SMILES string of the molecule is CCNC(=O)[C@H](C)Oc1nn(-c2ccccc2)cc1Br. The molecule has 1 amide bonds. The van der Waals surface area contributed by atoms with Crippen LogP contribution in [0.15, 0.2) is 41.0 Å². The Bertz CT molecular complexity index is 583. The van der Waals surface area contributed by atoms with Crippen molar-refractivity contribution in [1.82, 2.24) is 15.1 Å². The standard InChI is InChI=1S/C14H16BrN3O2/c1-3-16-13(19)10(2)20-14-12(15)9-18(17-14)11-7-5-4-6-8-11/h4-10H,3H2,1-2H3,(H,16,19)/t10-/m0/s1. The van der Waals surface area contributed by atoms with E-state index in [0.717, 1.165) is 5.69 Å². The number of ether oxygens (including phenoxy) is 1. The van der Waals surface area contributed by atoms with Gasteiger partial charge in [-0.05, 0) is 41.9 Å². The number of amides is 1. The van der Waals surface area contributed by atoms with Gasteiger partial charge in [0.15, 0.2) is 6.10 Å². The van der Waals surface area contributed by atoms with Crippen molar-refractivity contribution in [3.63, 3.8) is 0 Å². The molecule has 0 fully saturated rings. The summed E-state index contributed by atoms with van der Waals surface area (Å²) in [4.78, 5) is 11.6. The summed E-state index contributed by atoms with van der Waals surface area (Å²) in [6.45, 7) is 4.13. The lowest BCUT2D eigenvalue weighted by atomic mass is 10.3. The molecule has 1 heterocycles. The molecule has 1 aromatic carbocycles. The molecule has 2 aromatic rings. The summed E-state index contributed by atoms with van der Waals surface area (Å²) in [6.07, 6.45) is 1.21. The Labute approximate surface area is 126 Å². The first-order chi connectivity index (χ1) is 9.61. The normalized spacial score (nSPS) is 11.9. The third-order valence-electron chi connectivity index (χ3n) is 2.67. The minimum Gasteiger partial charge on any atom is -0.463 e. The van der Waals surface area contributed by atoms with Crippen molar-refractivity contribution in [2.75, 3.05) is 6.54 Å². The molecule has 0 bridgehead atoms. The van der Waals surface area contributed by atoms with Crippen molar-refractivity contribution in [2.45, 2.75) is 20.0 Å². The summed E-state index contributed by atoms with van der Waals surface area (Å²) < 4.78 is 7.98. The molecule has 0 aliphatic heterocycles. The molecule has 1 aromatic heterocycles. The fraction of sp³-hybridized carbons (Fsp3) is 0.286. The number of hydrogen-bond acceptors (Lipinski definition) is 3. The predicted octanol–water partition coefficient (Wildman–Crippen LogP) is 2.54. The van der Waals surface area contributed by atoms with Crippen LogP contribution >= 0.6 is 15.9 Å². The number of para-hydroxylation sites is 1. The second-order valence-electron chi connectivity index (χ2n) is 4.22. The van der Waals surface area contributed by atoms with E-state index in [0.29, 0.717) is 16.9 Å². The Morgan fingerprint density at radius 3 is 2.80 bits per heavy atom. The molecule has 0 saturated heterocycles. The van der Waals surface area contributed by atoms with E-state index in [1.165, 1.54) is 0 Å². The smallest absolute Gasteiger partial charge is 0.260 e. The highest BCUT2D eigenvalue weighted by molar-refractivity contribution is 9.10. The Morgan fingerprint density at radius 1 is 1.45 bits per heavy atom. The molecule has 0 saturated carbocycles. The number of carbonyl (C=O) groups excluding carboxylic acids is 1. The zero-order chi connectivity index (χ0) is 14.5. The van der Waals surface area contributed by atoms with Crippen LogP contribution in [-0.4, -0.2) is 28.3 Å². The van der Waals surface area contributed by atoms with E-state index in [1.807, 2.05) is 37.3 Å². The number of hydrogen-bond donors (Lipinski definition) is 1. The molecule has 5 nitrogen and oxygen atoms in total. The van der Waals surface area contributed by atoms with Crippen molar-refractivity contribution in [3.05, 3.63) is 41.0 Å². The monoisotopic (exact) mass is 337 g/mol. The molecule has 20 heavy (non-hydrogen) atoms. The first-order valence-corrected chi connectivity index (χ1v) is 7.16. The number of carbonyl (C=O) groups is 1. The maximum Gasteiger partial charge on any atom is 0.260 e. The van der Waals surface area contributed by atoms with Gasteiger partial charge in [0, 0.05) is 12.7 Å². The van der Waals surface area contributed by atoms with Crippen molar-refractivity contribution in [2.24, 2.45) is 0 Å². The van der Waals surface area contributed by atoms with E-state index in [1.54, 1.807) is 17.8 Å². The maximum atomic E-state index is 11.6. The lowest BCUT2D eigenvalue weighted by Gasteiger charge is -2.12. The van der Waals surface area contributed by atoms with E-state index in [4.69, 9.17) is 4.74 Å². The quantitative estimate of drug-likeness (QED) is 0.912. The van der Waals surface area contributed by atoms with Gasteiger partial charge in [0.1, 0.15) is 0 Å². The number of nitrogens with one attached hydrogen (secondary N) is 1. The number of benzene rings is 1. The van der Waals surface area contributed by atoms with Crippen LogP contribution in [-0.2, 0) is 4.79 Å². The molecule has 1 atom stereocenters. The average Bonchev–Trinajstić information content (AvgIpc) is 2.81. The van der Waals surface area contributed by atoms with Gasteiger partial charge in [-0.1, -0.05) is 18.2 Å². The Balaban J connectivity index is 2.14. The highest BCUT2D eigenvalue weighted by Crippen LogP contribution is 2.25. The minimum absolute atomic E-state index is 0.159. The third-order valence-corrected chi connectivity index (χ3v) is 3.21. The Kier molecular flexibility index (Phi) is 4.79. The highest BCUT2D eigenvalue weighted by atomic mass is 79.9. The molecule has 106 valence electrons. The summed E-state index contributed by atoms with van der Waals surface area (Å²) in [5.74, 6) is 0.237. The molecule has 0 radical (unpaired) electrons. The fourth-order valence-electron chi connectivity index (χ4n) is 1.67. The van der Waals surface area contributed by atoms with Crippen LogP contribution in [0.3, 0.4) is 0 Å². The van der Waals surface area contributed by atoms with Crippen molar-refractivity contribution in [3.8, 4) is 11.6 Å². The Morgan fingerprint density at radius 2 is 2.15 bits per heavy atom. The Hall–Kier alpha value is -1.82. The topological polar surface area (TPSA) is 56.1 Å². The van der Waals surface area contributed by atoms with E-state index < -0.39 is 6.10 Å². The molecular weight excluding hydrogens is 322 g/mol. The first-order valence-electron chi connectivity index (χ1n) is 6.36. The van der Waals surface area contributed by atoms with Gasteiger partial charge in [-0.3, -0.25) is 4.79 Å². The van der Waals surface area contributed by atoms with Gasteiger partial charge in [0.25, 0.3) is 5.91 Å². The summed E-state index contributed by atoms with van der Waals surface area (Å²) >= 11 is 3.39. The van der Waals surface area contributed by atoms with Crippen molar-refractivity contribution < 1.29 is 9.53 Å². The molecular formula is C14H16BrN3O2. The lowest BCUT2D eigenvalue weighted by molar-refractivity contribution is -0.127. The van der Waals surface area contributed by atoms with Crippen LogP contribution in [0.5, 0.6) is 5.88 Å². The number of halogens is 1. The minimum atomic E-state index is -0.592. The van der Waals surface area contributed by atoms with E-state index in [9.17, 15) is 4.79 Å². The first kappa shape index (κ1) is 14.6. The highest BCUT2D eigenvalue weighted by Gasteiger charge is 2.17. The van der Waals surface area contributed by atoms with Gasteiger partial charge in [-0.15, -0.1) is 5.10 Å². The summed E-state index contributed by atoms with van der Waals surface area (Å²) in [7, 11) is 0. The van der Waals surface area contributed by atoms with Crippen LogP contribution in [0.1, 0.15) is 13.8 Å². The second kappa shape index (κ2) is 6.56. The van der Waals surface area contributed by atoms with E-state index in [-0.39, 0.29) is 5.91 Å². The number of rotatable bonds is 5.